The summed E-state index contributed by atoms with van der Waals surface area (Å²) >= 11 is 7.52. The van der Waals surface area contributed by atoms with Gasteiger partial charge < -0.3 is 10.2 Å². The van der Waals surface area contributed by atoms with Gasteiger partial charge in [0.05, 0.1) is 5.25 Å². The lowest BCUT2D eigenvalue weighted by atomic mass is 10.0. The highest BCUT2D eigenvalue weighted by atomic mass is 35.5. The second kappa shape index (κ2) is 9.33. The maximum Gasteiger partial charge on any atom is 0.235 e. The quantitative estimate of drug-likeness (QED) is 0.739. The molecule has 0 spiro atoms. The summed E-state index contributed by atoms with van der Waals surface area (Å²) in [5, 5.41) is 4.34. The van der Waals surface area contributed by atoms with Crippen molar-refractivity contribution in [3.63, 3.8) is 0 Å². The Morgan fingerprint density at radius 1 is 1.25 bits per heavy atom. The van der Waals surface area contributed by atoms with Gasteiger partial charge in [-0.3, -0.25) is 4.79 Å². The molecular formula is C18H26Cl2N2OS. The number of halogens is 2. The Balaban J connectivity index is 0.00000208. The van der Waals surface area contributed by atoms with Gasteiger partial charge in [0.15, 0.2) is 0 Å². The van der Waals surface area contributed by atoms with E-state index in [4.69, 9.17) is 11.6 Å². The molecule has 0 radical (unpaired) electrons. The number of nitrogens with zero attached hydrogens (tertiary/aromatic N) is 1. The minimum absolute atomic E-state index is 0. The van der Waals surface area contributed by atoms with E-state index in [1.165, 1.54) is 19.4 Å². The molecule has 1 unspecified atom stereocenters. The number of hydrogen-bond acceptors (Lipinski definition) is 3. The molecule has 24 heavy (non-hydrogen) atoms. The lowest BCUT2D eigenvalue weighted by Gasteiger charge is -2.34. The highest BCUT2D eigenvalue weighted by Gasteiger charge is 2.28. The number of piperidine rings is 1. The van der Waals surface area contributed by atoms with E-state index in [-0.39, 0.29) is 23.6 Å². The molecule has 1 atom stereocenters. The largest absolute Gasteiger partial charge is 0.342 e. The summed E-state index contributed by atoms with van der Waals surface area (Å²) in [6.07, 6.45) is 4.95. The lowest BCUT2D eigenvalue weighted by Crippen LogP contribution is -2.47. The van der Waals surface area contributed by atoms with Crippen molar-refractivity contribution >= 4 is 41.7 Å². The van der Waals surface area contributed by atoms with Crippen molar-refractivity contribution in [2.45, 2.75) is 48.8 Å². The second-order valence-electron chi connectivity index (χ2n) is 6.67. The van der Waals surface area contributed by atoms with Crippen LogP contribution in [0.1, 0.15) is 32.6 Å². The Bertz CT molecular complexity index is 528. The first-order chi connectivity index (χ1) is 11.1. The van der Waals surface area contributed by atoms with Gasteiger partial charge in [-0.2, -0.15) is 0 Å². The van der Waals surface area contributed by atoms with Crippen LogP contribution < -0.4 is 5.32 Å². The molecule has 1 saturated carbocycles. The van der Waals surface area contributed by atoms with Crippen molar-refractivity contribution < 1.29 is 4.79 Å². The molecule has 6 heteroatoms. The van der Waals surface area contributed by atoms with E-state index in [1.807, 2.05) is 36.1 Å². The van der Waals surface area contributed by atoms with Gasteiger partial charge in [0, 0.05) is 29.0 Å². The van der Waals surface area contributed by atoms with Gasteiger partial charge in [0.25, 0.3) is 0 Å². The van der Waals surface area contributed by atoms with E-state index in [1.54, 1.807) is 11.8 Å². The van der Waals surface area contributed by atoms with E-state index in [9.17, 15) is 4.79 Å². The number of amides is 1. The van der Waals surface area contributed by atoms with Crippen LogP contribution in [0.15, 0.2) is 29.2 Å². The number of benzene rings is 1. The normalized spacial score (nSPS) is 19.7. The fourth-order valence-corrected chi connectivity index (χ4v) is 4.06. The summed E-state index contributed by atoms with van der Waals surface area (Å²) in [6.45, 7) is 4.93. The molecule has 1 aromatic rings. The number of likely N-dealkylation sites (tertiary alicyclic amines) is 1. The molecule has 3 rings (SSSR count). The van der Waals surface area contributed by atoms with Gasteiger partial charge in [-0.15, -0.1) is 24.2 Å². The van der Waals surface area contributed by atoms with Crippen LogP contribution in [0.4, 0.5) is 0 Å². The number of carbonyl (C=O) groups excluding carboxylic acids is 1. The number of nitrogens with one attached hydrogen (secondary N) is 1. The third kappa shape index (κ3) is 5.83. The number of carbonyl (C=O) groups is 1. The lowest BCUT2D eigenvalue weighted by molar-refractivity contribution is -0.131. The monoisotopic (exact) mass is 388 g/mol. The summed E-state index contributed by atoms with van der Waals surface area (Å²) in [5.74, 6) is 1.18. The molecule has 2 aliphatic rings. The van der Waals surface area contributed by atoms with Crippen LogP contribution in [-0.4, -0.2) is 41.7 Å². The summed E-state index contributed by atoms with van der Waals surface area (Å²) in [6, 6.07) is 8.30. The molecule has 134 valence electrons. The minimum atomic E-state index is -0.0489. The first-order valence-electron chi connectivity index (χ1n) is 8.56. The van der Waals surface area contributed by atoms with Crippen molar-refractivity contribution in [3.8, 4) is 0 Å². The molecule has 1 N–H and O–H groups in total. The first kappa shape index (κ1) is 19.9. The molecule has 1 heterocycles. The van der Waals surface area contributed by atoms with E-state index in [0.29, 0.717) is 6.04 Å². The molecule has 0 bridgehead atoms. The van der Waals surface area contributed by atoms with Gasteiger partial charge in [0.2, 0.25) is 5.91 Å². The molecule has 1 saturated heterocycles. The molecule has 1 aliphatic heterocycles. The van der Waals surface area contributed by atoms with Crippen LogP contribution >= 0.6 is 35.8 Å². The maximum atomic E-state index is 12.6. The maximum absolute atomic E-state index is 12.6. The fourth-order valence-electron chi connectivity index (χ4n) is 2.98. The highest BCUT2D eigenvalue weighted by Crippen LogP contribution is 2.29. The van der Waals surface area contributed by atoms with Gasteiger partial charge in [-0.1, -0.05) is 11.6 Å². The topological polar surface area (TPSA) is 32.3 Å². The molecule has 0 aromatic heterocycles. The number of hydrogen-bond donors (Lipinski definition) is 1. The Morgan fingerprint density at radius 2 is 1.88 bits per heavy atom. The zero-order chi connectivity index (χ0) is 16.2. The Labute approximate surface area is 160 Å². The van der Waals surface area contributed by atoms with E-state index in [0.717, 1.165) is 41.8 Å². The van der Waals surface area contributed by atoms with E-state index < -0.39 is 0 Å². The molecule has 2 fully saturated rings. The molecular weight excluding hydrogens is 363 g/mol. The van der Waals surface area contributed by atoms with Crippen LogP contribution in [0.25, 0.3) is 0 Å². The standard InChI is InChI=1S/C18H25ClN2OS.ClH/c1-13(23-17-6-4-15(19)5-7-17)18(22)21-10-8-16(9-11-21)20-12-14-2-3-14;/h4-7,13-14,16,20H,2-3,8-12H2,1H3;1H. The van der Waals surface area contributed by atoms with Gasteiger partial charge in [-0.05, 0) is 69.3 Å². The van der Waals surface area contributed by atoms with Crippen LogP contribution in [0.5, 0.6) is 0 Å². The summed E-state index contributed by atoms with van der Waals surface area (Å²) in [5.41, 5.74) is 0. The Morgan fingerprint density at radius 3 is 2.46 bits per heavy atom. The summed E-state index contributed by atoms with van der Waals surface area (Å²) < 4.78 is 0. The third-order valence-corrected chi connectivity index (χ3v) is 6.02. The number of thioether (sulfide) groups is 1. The van der Waals surface area contributed by atoms with Crippen LogP contribution in [0.2, 0.25) is 5.02 Å². The minimum Gasteiger partial charge on any atom is -0.342 e. The molecule has 3 nitrogen and oxygen atoms in total. The first-order valence-corrected chi connectivity index (χ1v) is 9.82. The van der Waals surface area contributed by atoms with Crippen molar-refractivity contribution in [1.82, 2.24) is 10.2 Å². The Hall–Kier alpha value is -0.420. The summed E-state index contributed by atoms with van der Waals surface area (Å²) in [4.78, 5) is 15.7. The SMILES string of the molecule is CC(Sc1ccc(Cl)cc1)C(=O)N1CCC(NCC2CC2)CC1.Cl. The van der Waals surface area contributed by atoms with Crippen molar-refractivity contribution in [1.29, 1.82) is 0 Å². The van der Waals surface area contributed by atoms with Gasteiger partial charge in [0.1, 0.15) is 0 Å². The molecule has 1 amide bonds. The van der Waals surface area contributed by atoms with Gasteiger partial charge >= 0.3 is 0 Å². The summed E-state index contributed by atoms with van der Waals surface area (Å²) in [7, 11) is 0. The highest BCUT2D eigenvalue weighted by molar-refractivity contribution is 8.00. The zero-order valence-electron chi connectivity index (χ0n) is 14.0. The second-order valence-corrected chi connectivity index (χ2v) is 8.52. The average molecular weight is 389 g/mol. The Kier molecular flexibility index (Phi) is 7.73. The van der Waals surface area contributed by atoms with E-state index in [2.05, 4.69) is 5.32 Å². The van der Waals surface area contributed by atoms with Crippen LogP contribution in [0, 0.1) is 5.92 Å². The zero-order valence-corrected chi connectivity index (χ0v) is 16.4. The predicted molar refractivity (Wildman–Crippen MR) is 104 cm³/mol. The van der Waals surface area contributed by atoms with Crippen molar-refractivity contribution in [2.24, 2.45) is 5.92 Å². The average Bonchev–Trinajstić information content (AvgIpc) is 3.39. The number of rotatable bonds is 6. The molecule has 1 aromatic carbocycles. The fraction of sp³-hybridized carbons (Fsp3) is 0.611. The molecule has 1 aliphatic carbocycles. The van der Waals surface area contributed by atoms with E-state index >= 15 is 0 Å². The van der Waals surface area contributed by atoms with Crippen molar-refractivity contribution in [3.05, 3.63) is 29.3 Å². The van der Waals surface area contributed by atoms with Crippen LogP contribution in [-0.2, 0) is 4.79 Å². The third-order valence-electron chi connectivity index (χ3n) is 4.67. The van der Waals surface area contributed by atoms with Crippen molar-refractivity contribution in [2.75, 3.05) is 19.6 Å². The smallest absolute Gasteiger partial charge is 0.235 e. The predicted octanol–water partition coefficient (Wildman–Crippen LogP) is 4.23. The van der Waals surface area contributed by atoms with Gasteiger partial charge in [-0.25, -0.2) is 0 Å². The van der Waals surface area contributed by atoms with Crippen LogP contribution in [0.3, 0.4) is 0 Å².